The Morgan fingerprint density at radius 1 is 1.38 bits per heavy atom. The second-order valence-electron chi connectivity index (χ2n) is 8.95. The van der Waals surface area contributed by atoms with Crippen molar-refractivity contribution in [3.8, 4) is 5.88 Å². The van der Waals surface area contributed by atoms with Gasteiger partial charge in [-0.2, -0.15) is 0 Å². The summed E-state index contributed by atoms with van der Waals surface area (Å²) < 4.78 is 6.30. The van der Waals surface area contributed by atoms with Crippen molar-refractivity contribution in [2.75, 3.05) is 26.7 Å². The van der Waals surface area contributed by atoms with E-state index in [1.807, 2.05) is 46.0 Å². The number of ether oxygens (including phenoxy) is 1. The zero-order chi connectivity index (χ0) is 24.8. The molecule has 8 nitrogen and oxygen atoms in total. The number of nitrogens with zero attached hydrogens (tertiary/aromatic N) is 3. The van der Waals surface area contributed by atoms with Gasteiger partial charge in [0.15, 0.2) is 0 Å². The maximum atomic E-state index is 13.4. The lowest BCUT2D eigenvalue weighted by Gasteiger charge is -2.37. The molecule has 0 spiro atoms. The molecule has 2 heterocycles. The van der Waals surface area contributed by atoms with E-state index < -0.39 is 5.97 Å². The highest BCUT2D eigenvalue weighted by Gasteiger charge is 2.34. The van der Waals surface area contributed by atoms with E-state index >= 15 is 0 Å². The summed E-state index contributed by atoms with van der Waals surface area (Å²) in [4.78, 5) is 32.9. The number of fused-ring (bicyclic) bond motifs is 1. The molecule has 1 aromatic carbocycles. The van der Waals surface area contributed by atoms with Crippen LogP contribution in [0.2, 0.25) is 0 Å². The largest absolute Gasteiger partial charge is 0.478 e. The number of hydrogen-bond acceptors (Lipinski definition) is 6. The minimum atomic E-state index is -0.954. The number of carboxylic acid groups (broad SMARTS) is 1. The molecule has 2 N–H and O–H groups in total. The second kappa shape index (κ2) is 11.3. The van der Waals surface area contributed by atoms with Gasteiger partial charge in [-0.3, -0.25) is 9.69 Å². The van der Waals surface area contributed by atoms with E-state index in [-0.39, 0.29) is 42.0 Å². The Kier molecular flexibility index (Phi) is 8.41. The van der Waals surface area contributed by atoms with Gasteiger partial charge in [-0.25, -0.2) is 9.78 Å². The van der Waals surface area contributed by atoms with Crippen LogP contribution < -0.4 is 4.74 Å². The first kappa shape index (κ1) is 25.4. The molecule has 3 atom stereocenters. The maximum absolute atomic E-state index is 13.4. The van der Waals surface area contributed by atoms with Gasteiger partial charge >= 0.3 is 5.97 Å². The molecule has 1 aliphatic rings. The number of carbonyl (C=O) groups is 2. The lowest BCUT2D eigenvalue weighted by atomic mass is 9.99. The quantitative estimate of drug-likeness (QED) is 0.615. The number of aliphatic hydroxyl groups is 1. The van der Waals surface area contributed by atoms with Gasteiger partial charge < -0.3 is 19.8 Å². The monoisotopic (exact) mass is 467 g/mol. The van der Waals surface area contributed by atoms with Gasteiger partial charge in [-0.1, -0.05) is 31.2 Å². The van der Waals surface area contributed by atoms with Crippen LogP contribution in [0.4, 0.5) is 0 Å². The van der Waals surface area contributed by atoms with Gasteiger partial charge in [0.05, 0.1) is 18.2 Å². The number of carboxylic acids is 1. The Morgan fingerprint density at radius 3 is 2.82 bits per heavy atom. The summed E-state index contributed by atoms with van der Waals surface area (Å²) in [5, 5.41) is 19.0. The highest BCUT2D eigenvalue weighted by Crippen LogP contribution is 2.28. The number of pyridine rings is 1. The number of aromatic nitrogens is 1. The number of hydrogen-bond donors (Lipinski definition) is 2. The third kappa shape index (κ3) is 6.01. The van der Waals surface area contributed by atoms with Crippen LogP contribution in [0.3, 0.4) is 0 Å². The van der Waals surface area contributed by atoms with Gasteiger partial charge in [0.25, 0.3) is 5.91 Å². The van der Waals surface area contributed by atoms with Crippen LogP contribution in [-0.2, 0) is 6.54 Å². The average molecular weight is 468 g/mol. The van der Waals surface area contributed by atoms with E-state index in [1.54, 1.807) is 35.4 Å². The van der Waals surface area contributed by atoms with Crippen LogP contribution in [0.1, 0.15) is 52.6 Å². The number of benzene rings is 1. The van der Waals surface area contributed by atoms with Crippen LogP contribution in [0, 0.1) is 5.92 Å². The van der Waals surface area contributed by atoms with E-state index in [1.165, 1.54) is 0 Å². The number of aliphatic hydroxyl groups excluding tert-OH is 1. The second-order valence-corrected chi connectivity index (χ2v) is 8.95. The summed E-state index contributed by atoms with van der Waals surface area (Å²) in [6.07, 6.45) is 5.16. The van der Waals surface area contributed by atoms with Crippen molar-refractivity contribution in [2.24, 2.45) is 5.92 Å². The first-order valence-electron chi connectivity index (χ1n) is 11.5. The molecular formula is C26H33N3O5. The Labute approximate surface area is 200 Å². The molecule has 0 saturated carbocycles. The zero-order valence-corrected chi connectivity index (χ0v) is 20.1. The van der Waals surface area contributed by atoms with Crippen LogP contribution in [0.15, 0.2) is 42.6 Å². The van der Waals surface area contributed by atoms with Gasteiger partial charge in [-0.15, -0.1) is 0 Å². The van der Waals surface area contributed by atoms with Crippen molar-refractivity contribution in [1.82, 2.24) is 14.8 Å². The molecule has 3 rings (SSSR count). The van der Waals surface area contributed by atoms with Crippen molar-refractivity contribution in [3.05, 3.63) is 64.9 Å². The molecule has 0 bridgehead atoms. The molecule has 0 radical (unpaired) electrons. The smallest absolute Gasteiger partial charge is 0.335 e. The topological polar surface area (TPSA) is 103 Å². The number of allylic oxidation sites excluding steroid dienone is 1. The number of rotatable bonds is 8. The Hall–Kier alpha value is -3.23. The third-order valence-electron chi connectivity index (χ3n) is 6.02. The molecule has 1 aromatic heterocycles. The SMILES string of the molecule is CC=Cc1cnc2c(c1)C(=O)N([C@@H](C)CO)C[C@H](C)[C@@H](CN(C)Cc1cccc(C(=O)O)c1)O2. The van der Waals surface area contributed by atoms with Gasteiger partial charge in [0, 0.05) is 31.7 Å². The van der Waals surface area contributed by atoms with E-state index in [2.05, 4.69) is 9.88 Å². The summed E-state index contributed by atoms with van der Waals surface area (Å²) >= 11 is 0. The minimum Gasteiger partial charge on any atom is -0.478 e. The number of aromatic carboxylic acids is 1. The summed E-state index contributed by atoms with van der Waals surface area (Å²) in [6, 6.07) is 8.31. The van der Waals surface area contributed by atoms with E-state index in [9.17, 15) is 19.8 Å². The van der Waals surface area contributed by atoms with Crippen LogP contribution in [0.5, 0.6) is 5.88 Å². The van der Waals surface area contributed by atoms with Gasteiger partial charge in [0.2, 0.25) is 5.88 Å². The lowest BCUT2D eigenvalue weighted by molar-refractivity contribution is 0.0325. The van der Waals surface area contributed by atoms with Crippen LogP contribution >= 0.6 is 0 Å². The molecular weight excluding hydrogens is 434 g/mol. The first-order valence-corrected chi connectivity index (χ1v) is 11.5. The van der Waals surface area contributed by atoms with Crippen molar-refractivity contribution in [3.63, 3.8) is 0 Å². The number of amides is 1. The molecule has 182 valence electrons. The molecule has 8 heteroatoms. The number of likely N-dealkylation sites (N-methyl/N-ethyl adjacent to an activating group) is 1. The predicted octanol–water partition coefficient (Wildman–Crippen LogP) is 3.17. The Morgan fingerprint density at radius 2 is 2.15 bits per heavy atom. The van der Waals surface area contributed by atoms with Crippen molar-refractivity contribution >= 4 is 18.0 Å². The normalized spacial score (nSPS) is 19.5. The zero-order valence-electron chi connectivity index (χ0n) is 20.1. The molecule has 2 aromatic rings. The summed E-state index contributed by atoms with van der Waals surface area (Å²) in [7, 11) is 1.95. The highest BCUT2D eigenvalue weighted by molar-refractivity contribution is 5.97. The highest BCUT2D eigenvalue weighted by atomic mass is 16.5. The molecule has 0 unspecified atom stereocenters. The summed E-state index contributed by atoms with van der Waals surface area (Å²) in [5.41, 5.74) is 2.32. The Balaban J connectivity index is 1.87. The number of carbonyl (C=O) groups excluding carboxylic acids is 1. The molecule has 34 heavy (non-hydrogen) atoms. The Bertz CT molecular complexity index is 1050. The van der Waals surface area contributed by atoms with E-state index in [0.717, 1.165) is 11.1 Å². The van der Waals surface area contributed by atoms with Crippen LogP contribution in [-0.4, -0.2) is 75.8 Å². The minimum absolute atomic E-state index is 0.0316. The van der Waals surface area contributed by atoms with E-state index in [4.69, 9.17) is 4.74 Å². The predicted molar refractivity (Wildman–Crippen MR) is 130 cm³/mol. The fourth-order valence-electron chi connectivity index (χ4n) is 4.11. The molecule has 1 aliphatic heterocycles. The fourth-order valence-corrected chi connectivity index (χ4v) is 4.11. The van der Waals surface area contributed by atoms with Gasteiger partial charge in [-0.05, 0) is 50.2 Å². The summed E-state index contributed by atoms with van der Waals surface area (Å²) in [5.74, 6) is -0.911. The summed E-state index contributed by atoms with van der Waals surface area (Å²) in [6.45, 7) is 7.13. The maximum Gasteiger partial charge on any atom is 0.335 e. The average Bonchev–Trinajstić information content (AvgIpc) is 2.81. The lowest BCUT2D eigenvalue weighted by Crippen LogP contribution is -2.49. The molecule has 0 aliphatic carbocycles. The standard InChI is InChI=1S/C26H33N3O5/c1-5-7-19-11-22-24(27-12-19)34-23(17(2)13-29(25(22)31)18(3)16-30)15-28(4)14-20-8-6-9-21(10-20)26(32)33/h5-12,17-18,23,30H,13-16H2,1-4H3,(H,32,33)/t17-,18-,23+/m0/s1. The van der Waals surface area contributed by atoms with E-state index in [0.29, 0.717) is 25.2 Å². The van der Waals surface area contributed by atoms with Gasteiger partial charge in [0.1, 0.15) is 11.7 Å². The van der Waals surface area contributed by atoms with Crippen LogP contribution in [0.25, 0.3) is 6.08 Å². The fraction of sp³-hybridized carbons (Fsp3) is 0.423. The van der Waals surface area contributed by atoms with Crippen molar-refractivity contribution < 1.29 is 24.5 Å². The molecule has 0 saturated heterocycles. The molecule has 1 amide bonds. The first-order chi connectivity index (χ1) is 16.2. The molecule has 0 fully saturated rings. The van der Waals surface area contributed by atoms with Crippen molar-refractivity contribution in [1.29, 1.82) is 0 Å². The third-order valence-corrected chi connectivity index (χ3v) is 6.02. The van der Waals surface area contributed by atoms with Crippen molar-refractivity contribution in [2.45, 2.75) is 39.5 Å².